The molecule has 1 amide bonds. The average molecular weight is 342 g/mol. The van der Waals surface area contributed by atoms with Gasteiger partial charge in [0.05, 0.1) is 17.7 Å². The molecule has 0 unspecified atom stereocenters. The van der Waals surface area contributed by atoms with Crippen LogP contribution in [-0.4, -0.2) is 36.0 Å². The molecule has 0 bridgehead atoms. The lowest BCUT2D eigenvalue weighted by molar-refractivity contribution is -0.119. The van der Waals surface area contributed by atoms with E-state index in [1.807, 2.05) is 0 Å². The summed E-state index contributed by atoms with van der Waals surface area (Å²) in [7, 11) is 0. The number of rotatable bonds is 6. The number of esters is 2. The molecular weight excluding hydrogens is 324 g/mol. The number of nitrogens with one attached hydrogen (secondary N) is 1. The Labute approximate surface area is 145 Å². The monoisotopic (exact) mass is 342 g/mol. The minimum absolute atomic E-state index is 0.275. The zero-order chi connectivity index (χ0) is 18.2. The summed E-state index contributed by atoms with van der Waals surface area (Å²) < 4.78 is 9.81. The SMILES string of the molecule is CCOC(=O)c1ccc(NC(=O)COC(=O)c2ccc(C)nc2)cc1. The van der Waals surface area contributed by atoms with Crippen molar-refractivity contribution in [2.75, 3.05) is 18.5 Å². The molecule has 2 aromatic rings. The largest absolute Gasteiger partial charge is 0.462 e. The van der Waals surface area contributed by atoms with Gasteiger partial charge in [-0.1, -0.05) is 0 Å². The summed E-state index contributed by atoms with van der Waals surface area (Å²) in [5.41, 5.74) is 1.92. The molecule has 0 saturated carbocycles. The lowest BCUT2D eigenvalue weighted by Crippen LogP contribution is -2.21. The minimum atomic E-state index is -0.625. The lowest BCUT2D eigenvalue weighted by atomic mass is 10.2. The van der Waals surface area contributed by atoms with E-state index in [1.165, 1.54) is 18.3 Å². The van der Waals surface area contributed by atoms with Crippen LogP contribution in [0, 0.1) is 6.92 Å². The van der Waals surface area contributed by atoms with Crippen molar-refractivity contribution in [2.45, 2.75) is 13.8 Å². The number of carbonyl (C=O) groups excluding carboxylic acids is 3. The number of anilines is 1. The van der Waals surface area contributed by atoms with E-state index in [0.717, 1.165) is 5.69 Å². The number of pyridine rings is 1. The van der Waals surface area contributed by atoms with Gasteiger partial charge < -0.3 is 14.8 Å². The van der Waals surface area contributed by atoms with Gasteiger partial charge in [-0.25, -0.2) is 9.59 Å². The van der Waals surface area contributed by atoms with Gasteiger partial charge in [0.1, 0.15) is 0 Å². The normalized spacial score (nSPS) is 10.0. The van der Waals surface area contributed by atoms with E-state index in [-0.39, 0.29) is 5.56 Å². The summed E-state index contributed by atoms with van der Waals surface area (Å²) in [5, 5.41) is 2.57. The predicted molar refractivity (Wildman–Crippen MR) is 90.3 cm³/mol. The second-order valence-corrected chi connectivity index (χ2v) is 5.11. The Balaban J connectivity index is 1.84. The highest BCUT2D eigenvalue weighted by molar-refractivity contribution is 5.96. The van der Waals surface area contributed by atoms with Crippen molar-refractivity contribution < 1.29 is 23.9 Å². The Morgan fingerprint density at radius 1 is 0.960 bits per heavy atom. The molecule has 0 aliphatic rings. The summed E-state index contributed by atoms with van der Waals surface area (Å²) in [6.07, 6.45) is 1.39. The lowest BCUT2D eigenvalue weighted by Gasteiger charge is -2.07. The maximum absolute atomic E-state index is 11.8. The van der Waals surface area contributed by atoms with Crippen LogP contribution < -0.4 is 5.32 Å². The maximum atomic E-state index is 11.8. The maximum Gasteiger partial charge on any atom is 0.340 e. The Bertz CT molecular complexity index is 754. The van der Waals surface area contributed by atoms with Crippen LogP contribution in [0.15, 0.2) is 42.6 Å². The molecule has 0 spiro atoms. The zero-order valence-electron chi connectivity index (χ0n) is 13.9. The molecule has 7 nitrogen and oxygen atoms in total. The van der Waals surface area contributed by atoms with Gasteiger partial charge in [-0.2, -0.15) is 0 Å². The first-order chi connectivity index (χ1) is 12.0. The summed E-state index contributed by atoms with van der Waals surface area (Å²) in [6.45, 7) is 3.39. The molecule has 130 valence electrons. The third-order valence-corrected chi connectivity index (χ3v) is 3.16. The second kappa shape index (κ2) is 8.58. The molecule has 0 saturated heterocycles. The average Bonchev–Trinajstić information content (AvgIpc) is 2.61. The quantitative estimate of drug-likeness (QED) is 0.810. The van der Waals surface area contributed by atoms with Gasteiger partial charge in [-0.15, -0.1) is 0 Å². The van der Waals surface area contributed by atoms with Crippen LogP contribution in [0.3, 0.4) is 0 Å². The van der Waals surface area contributed by atoms with E-state index in [0.29, 0.717) is 17.9 Å². The molecule has 0 radical (unpaired) electrons. The number of benzene rings is 1. The van der Waals surface area contributed by atoms with Gasteiger partial charge in [-0.3, -0.25) is 9.78 Å². The van der Waals surface area contributed by atoms with E-state index < -0.39 is 24.5 Å². The second-order valence-electron chi connectivity index (χ2n) is 5.11. The zero-order valence-corrected chi connectivity index (χ0v) is 13.9. The Hall–Kier alpha value is -3.22. The molecule has 2 rings (SSSR count). The molecule has 25 heavy (non-hydrogen) atoms. The predicted octanol–water partition coefficient (Wildman–Crippen LogP) is 2.36. The van der Waals surface area contributed by atoms with Gasteiger partial charge in [-0.05, 0) is 50.2 Å². The van der Waals surface area contributed by atoms with Crippen molar-refractivity contribution in [3.8, 4) is 0 Å². The molecule has 7 heteroatoms. The van der Waals surface area contributed by atoms with Gasteiger partial charge in [0.15, 0.2) is 6.61 Å². The first-order valence-electron chi connectivity index (χ1n) is 7.66. The van der Waals surface area contributed by atoms with Crippen molar-refractivity contribution >= 4 is 23.5 Å². The number of nitrogens with zero attached hydrogens (tertiary/aromatic N) is 1. The van der Waals surface area contributed by atoms with Crippen molar-refractivity contribution in [1.82, 2.24) is 4.98 Å². The number of aryl methyl sites for hydroxylation is 1. The third-order valence-electron chi connectivity index (χ3n) is 3.16. The van der Waals surface area contributed by atoms with Crippen molar-refractivity contribution in [3.05, 3.63) is 59.4 Å². The van der Waals surface area contributed by atoms with Gasteiger partial charge in [0.2, 0.25) is 0 Å². The highest BCUT2D eigenvalue weighted by Gasteiger charge is 2.11. The topological polar surface area (TPSA) is 94.6 Å². The minimum Gasteiger partial charge on any atom is -0.462 e. The molecule has 1 aromatic heterocycles. The van der Waals surface area contributed by atoms with Crippen LogP contribution in [0.5, 0.6) is 0 Å². The number of ether oxygens (including phenoxy) is 2. The van der Waals surface area contributed by atoms with E-state index >= 15 is 0 Å². The Morgan fingerprint density at radius 3 is 2.20 bits per heavy atom. The van der Waals surface area contributed by atoms with Crippen LogP contribution in [0.4, 0.5) is 5.69 Å². The fourth-order valence-electron chi connectivity index (χ4n) is 1.90. The summed E-state index contributed by atoms with van der Waals surface area (Å²) >= 11 is 0. The Morgan fingerprint density at radius 2 is 1.60 bits per heavy atom. The van der Waals surface area contributed by atoms with E-state index in [9.17, 15) is 14.4 Å². The third kappa shape index (κ3) is 5.42. The van der Waals surface area contributed by atoms with Gasteiger partial charge in [0, 0.05) is 17.6 Å². The summed E-state index contributed by atoms with van der Waals surface area (Å²) in [5.74, 6) is -1.54. The first kappa shape index (κ1) is 18.1. The van der Waals surface area contributed by atoms with Crippen LogP contribution in [0.2, 0.25) is 0 Å². The fraction of sp³-hybridized carbons (Fsp3) is 0.222. The number of carbonyl (C=O) groups is 3. The summed E-state index contributed by atoms with van der Waals surface area (Å²) in [4.78, 5) is 39.2. The van der Waals surface area contributed by atoms with Gasteiger partial charge >= 0.3 is 11.9 Å². The van der Waals surface area contributed by atoms with Crippen LogP contribution in [0.25, 0.3) is 0 Å². The highest BCUT2D eigenvalue weighted by atomic mass is 16.5. The van der Waals surface area contributed by atoms with E-state index in [4.69, 9.17) is 9.47 Å². The van der Waals surface area contributed by atoms with Crippen molar-refractivity contribution in [1.29, 1.82) is 0 Å². The summed E-state index contributed by atoms with van der Waals surface area (Å²) in [6, 6.07) is 9.47. The molecule has 0 aliphatic heterocycles. The highest BCUT2D eigenvalue weighted by Crippen LogP contribution is 2.11. The smallest absolute Gasteiger partial charge is 0.340 e. The Kier molecular flexibility index (Phi) is 6.22. The number of hydrogen-bond donors (Lipinski definition) is 1. The number of aromatic nitrogens is 1. The first-order valence-corrected chi connectivity index (χ1v) is 7.66. The van der Waals surface area contributed by atoms with E-state index in [1.54, 1.807) is 38.1 Å². The number of amides is 1. The molecular formula is C18H18N2O5. The molecule has 1 N–H and O–H groups in total. The molecule has 0 atom stereocenters. The van der Waals surface area contributed by atoms with Crippen LogP contribution >= 0.6 is 0 Å². The van der Waals surface area contributed by atoms with Crippen molar-refractivity contribution in [2.24, 2.45) is 0 Å². The van der Waals surface area contributed by atoms with Gasteiger partial charge in [0.25, 0.3) is 5.91 Å². The standard InChI is InChI=1S/C18H18N2O5/c1-3-24-17(22)13-6-8-15(9-7-13)20-16(21)11-25-18(23)14-5-4-12(2)19-10-14/h4-10H,3,11H2,1-2H3,(H,20,21). The van der Waals surface area contributed by atoms with Crippen LogP contribution in [-0.2, 0) is 14.3 Å². The van der Waals surface area contributed by atoms with Crippen molar-refractivity contribution in [3.63, 3.8) is 0 Å². The molecule has 0 aliphatic carbocycles. The molecule has 0 fully saturated rings. The molecule has 1 aromatic carbocycles. The molecule has 1 heterocycles. The van der Waals surface area contributed by atoms with Crippen LogP contribution in [0.1, 0.15) is 33.3 Å². The fourth-order valence-corrected chi connectivity index (χ4v) is 1.90. The van der Waals surface area contributed by atoms with E-state index in [2.05, 4.69) is 10.3 Å². The number of hydrogen-bond acceptors (Lipinski definition) is 6.